The lowest BCUT2D eigenvalue weighted by Crippen LogP contribution is -2.34. The second kappa shape index (κ2) is 7.35. The van der Waals surface area contributed by atoms with E-state index < -0.39 is 10.0 Å². The highest BCUT2D eigenvalue weighted by atomic mass is 32.2. The van der Waals surface area contributed by atoms with Crippen LogP contribution in [-0.2, 0) is 21.4 Å². The molecule has 2 amide bonds. The van der Waals surface area contributed by atoms with E-state index in [0.29, 0.717) is 23.2 Å². The molecule has 2 heterocycles. The van der Waals surface area contributed by atoms with Gasteiger partial charge in [0.05, 0.1) is 28.1 Å². The summed E-state index contributed by atoms with van der Waals surface area (Å²) in [7, 11) is -3.57. The molecule has 2 aliphatic rings. The van der Waals surface area contributed by atoms with Crippen LogP contribution in [0.5, 0.6) is 0 Å². The predicted molar refractivity (Wildman–Crippen MR) is 117 cm³/mol. The molecular formula is C20H24N4O4S2. The highest BCUT2D eigenvalue weighted by Gasteiger charge is 2.40. The fourth-order valence-corrected chi connectivity index (χ4v) is 5.48. The summed E-state index contributed by atoms with van der Waals surface area (Å²) in [6, 6.07) is 3.73. The molecule has 1 aromatic carbocycles. The molecule has 2 aromatic rings. The maximum absolute atomic E-state index is 13.2. The smallest absolute Gasteiger partial charge is 0.256 e. The fraction of sp³-hybridized carbons (Fsp3) is 0.450. The summed E-state index contributed by atoms with van der Waals surface area (Å²) >= 11 is 1.32. The minimum absolute atomic E-state index is 0.121. The lowest BCUT2D eigenvalue weighted by Gasteiger charge is -2.24. The average molecular weight is 449 g/mol. The van der Waals surface area contributed by atoms with Crippen LogP contribution in [0.2, 0.25) is 0 Å². The Morgan fingerprint density at radius 1 is 1.33 bits per heavy atom. The molecule has 8 nitrogen and oxygen atoms in total. The number of amides is 2. The lowest BCUT2D eigenvalue weighted by molar-refractivity contribution is -0.114. The molecule has 1 aliphatic carbocycles. The number of thiazole rings is 1. The lowest BCUT2D eigenvalue weighted by atomic mass is 10.0. The van der Waals surface area contributed by atoms with Gasteiger partial charge in [0.2, 0.25) is 15.9 Å². The van der Waals surface area contributed by atoms with Crippen LogP contribution in [-0.4, -0.2) is 42.4 Å². The molecule has 1 atom stereocenters. The zero-order chi connectivity index (χ0) is 21.8. The first-order valence-electron chi connectivity index (χ1n) is 9.74. The van der Waals surface area contributed by atoms with E-state index in [1.54, 1.807) is 6.07 Å². The van der Waals surface area contributed by atoms with Crippen molar-refractivity contribution in [3.8, 4) is 10.4 Å². The van der Waals surface area contributed by atoms with Crippen LogP contribution in [0.3, 0.4) is 0 Å². The van der Waals surface area contributed by atoms with Crippen molar-refractivity contribution in [1.29, 1.82) is 0 Å². The van der Waals surface area contributed by atoms with Crippen molar-refractivity contribution in [2.45, 2.75) is 46.2 Å². The van der Waals surface area contributed by atoms with Gasteiger partial charge in [-0.1, -0.05) is 11.3 Å². The zero-order valence-electron chi connectivity index (χ0n) is 17.3. The molecule has 2 N–H and O–H groups in total. The second-order valence-corrected chi connectivity index (χ2v) is 10.8. The third-order valence-electron chi connectivity index (χ3n) is 5.47. The Balaban J connectivity index is 1.79. The Morgan fingerprint density at radius 3 is 2.63 bits per heavy atom. The number of rotatable bonds is 6. The molecule has 1 aromatic heterocycles. The van der Waals surface area contributed by atoms with Gasteiger partial charge in [0.25, 0.3) is 5.91 Å². The summed E-state index contributed by atoms with van der Waals surface area (Å²) in [5, 5.41) is 3.16. The van der Waals surface area contributed by atoms with Crippen molar-refractivity contribution in [2.75, 3.05) is 16.3 Å². The Morgan fingerprint density at radius 2 is 2.03 bits per heavy atom. The maximum atomic E-state index is 13.2. The summed E-state index contributed by atoms with van der Waals surface area (Å²) < 4.78 is 26.5. The van der Waals surface area contributed by atoms with Gasteiger partial charge in [0.1, 0.15) is 0 Å². The Hall–Kier alpha value is -2.46. The standard InChI is InChI=1S/C20H24N4O4S2/c1-10-18(29-20(21-10)22-12(3)25)14-7-15-9-24(11(2)13-5-6-13)19(26)17(15)16(8-14)23-30(4,27)28/h7-8,11,13,23H,5-6,9H2,1-4H3,(H,21,22,25). The van der Waals surface area contributed by atoms with Crippen molar-refractivity contribution in [3.63, 3.8) is 0 Å². The highest BCUT2D eigenvalue weighted by Crippen LogP contribution is 2.42. The van der Waals surface area contributed by atoms with Gasteiger partial charge in [-0.3, -0.25) is 14.3 Å². The first-order chi connectivity index (χ1) is 14.0. The van der Waals surface area contributed by atoms with Crippen molar-refractivity contribution in [2.24, 2.45) is 5.92 Å². The number of fused-ring (bicyclic) bond motifs is 1. The van der Waals surface area contributed by atoms with E-state index in [0.717, 1.165) is 40.8 Å². The van der Waals surface area contributed by atoms with Crippen LogP contribution < -0.4 is 10.0 Å². The summed E-state index contributed by atoms with van der Waals surface area (Å²) in [6.45, 7) is 5.76. The molecule has 0 spiro atoms. The van der Waals surface area contributed by atoms with Gasteiger partial charge in [-0.05, 0) is 55.9 Å². The van der Waals surface area contributed by atoms with Gasteiger partial charge in [0.15, 0.2) is 5.13 Å². The van der Waals surface area contributed by atoms with Gasteiger partial charge in [0, 0.05) is 19.5 Å². The zero-order valence-corrected chi connectivity index (χ0v) is 18.9. The van der Waals surface area contributed by atoms with Crippen LogP contribution >= 0.6 is 11.3 Å². The number of aromatic nitrogens is 1. The number of anilines is 2. The van der Waals surface area contributed by atoms with E-state index in [4.69, 9.17) is 0 Å². The summed E-state index contributed by atoms with van der Waals surface area (Å²) in [4.78, 5) is 31.6. The maximum Gasteiger partial charge on any atom is 0.256 e. The van der Waals surface area contributed by atoms with Gasteiger partial charge >= 0.3 is 0 Å². The van der Waals surface area contributed by atoms with Gasteiger partial charge in [-0.25, -0.2) is 13.4 Å². The highest BCUT2D eigenvalue weighted by molar-refractivity contribution is 7.92. The van der Waals surface area contributed by atoms with Gasteiger partial charge in [-0.2, -0.15) is 0 Å². The normalized spacial score (nSPS) is 17.1. The third-order valence-corrected chi connectivity index (χ3v) is 7.18. The van der Waals surface area contributed by atoms with Crippen LogP contribution in [0.15, 0.2) is 12.1 Å². The van der Waals surface area contributed by atoms with Crippen molar-refractivity contribution in [1.82, 2.24) is 9.88 Å². The Labute approximate surface area is 179 Å². The molecule has 1 unspecified atom stereocenters. The van der Waals surface area contributed by atoms with Crippen molar-refractivity contribution in [3.05, 3.63) is 29.0 Å². The number of nitrogens with one attached hydrogen (secondary N) is 2. The first kappa shape index (κ1) is 20.8. The Bertz CT molecular complexity index is 1150. The number of benzene rings is 1. The van der Waals surface area contributed by atoms with E-state index >= 15 is 0 Å². The second-order valence-electron chi connectivity index (χ2n) is 8.06. The molecule has 30 heavy (non-hydrogen) atoms. The molecule has 1 aliphatic heterocycles. The first-order valence-corrected chi connectivity index (χ1v) is 12.5. The number of carbonyl (C=O) groups is 2. The quantitative estimate of drug-likeness (QED) is 0.705. The van der Waals surface area contributed by atoms with E-state index in [1.807, 2.05) is 17.9 Å². The SMILES string of the molecule is CC(=O)Nc1nc(C)c(-c2cc3c(c(NS(C)(=O)=O)c2)C(=O)N(C(C)C2CC2)C3)s1. The van der Waals surface area contributed by atoms with Gasteiger partial charge < -0.3 is 10.2 Å². The largest absolute Gasteiger partial charge is 0.331 e. The number of hydrogen-bond acceptors (Lipinski definition) is 6. The van der Waals surface area contributed by atoms with E-state index in [2.05, 4.69) is 21.9 Å². The molecule has 0 radical (unpaired) electrons. The van der Waals surface area contributed by atoms with E-state index in [1.165, 1.54) is 18.3 Å². The fourth-order valence-electron chi connectivity index (χ4n) is 3.92. The summed E-state index contributed by atoms with van der Waals surface area (Å²) in [6.07, 6.45) is 3.31. The van der Waals surface area contributed by atoms with Crippen molar-refractivity contribution < 1.29 is 18.0 Å². The van der Waals surface area contributed by atoms with Crippen molar-refractivity contribution >= 4 is 44.0 Å². The van der Waals surface area contributed by atoms with Gasteiger partial charge in [-0.15, -0.1) is 0 Å². The summed E-state index contributed by atoms with van der Waals surface area (Å²) in [5.41, 5.74) is 2.99. The van der Waals surface area contributed by atoms with E-state index in [-0.39, 0.29) is 23.5 Å². The molecular weight excluding hydrogens is 424 g/mol. The van der Waals surface area contributed by atoms with Crippen LogP contribution in [0.4, 0.5) is 10.8 Å². The molecule has 1 saturated carbocycles. The molecule has 1 fully saturated rings. The minimum Gasteiger partial charge on any atom is -0.331 e. The van der Waals surface area contributed by atoms with Crippen LogP contribution in [0, 0.1) is 12.8 Å². The molecule has 4 rings (SSSR count). The number of carbonyl (C=O) groups excluding carboxylic acids is 2. The van der Waals surface area contributed by atoms with E-state index in [9.17, 15) is 18.0 Å². The van der Waals surface area contributed by atoms with Crippen LogP contribution in [0.1, 0.15) is 48.3 Å². The number of sulfonamides is 1. The minimum atomic E-state index is -3.57. The average Bonchev–Trinajstić information content (AvgIpc) is 3.33. The monoisotopic (exact) mass is 448 g/mol. The Kier molecular flexibility index (Phi) is 5.09. The number of nitrogens with zero attached hydrogens (tertiary/aromatic N) is 2. The molecule has 0 saturated heterocycles. The summed E-state index contributed by atoms with van der Waals surface area (Å²) in [5.74, 6) is 0.166. The number of hydrogen-bond donors (Lipinski definition) is 2. The van der Waals surface area contributed by atoms with Crippen LogP contribution in [0.25, 0.3) is 10.4 Å². The third kappa shape index (κ3) is 4.06. The molecule has 0 bridgehead atoms. The molecule has 160 valence electrons. The predicted octanol–water partition coefficient (Wildman–Crippen LogP) is 3.20. The number of aryl methyl sites for hydroxylation is 1. The molecule has 10 heteroatoms. The topological polar surface area (TPSA) is 108 Å².